The summed E-state index contributed by atoms with van der Waals surface area (Å²) in [5.74, 6) is -1.79. The topological polar surface area (TPSA) is 55.7 Å². The molecule has 1 fully saturated rings. The van der Waals surface area contributed by atoms with Gasteiger partial charge in [0.25, 0.3) is 0 Å². The molecule has 0 bridgehead atoms. The van der Waals surface area contributed by atoms with Crippen molar-refractivity contribution >= 4 is 17.5 Å². The summed E-state index contributed by atoms with van der Waals surface area (Å²) >= 11 is 0. The zero-order chi connectivity index (χ0) is 23.7. The molecular weight excluding hydrogens is 429 g/mol. The van der Waals surface area contributed by atoms with Gasteiger partial charge in [-0.2, -0.15) is 0 Å². The van der Waals surface area contributed by atoms with Crippen LogP contribution in [0.5, 0.6) is 0 Å². The molecule has 0 N–H and O–H groups in total. The van der Waals surface area contributed by atoms with Gasteiger partial charge in [-0.25, -0.2) is 4.39 Å². The minimum Gasteiger partial charge on any atom is -0.462 e. The van der Waals surface area contributed by atoms with Crippen molar-refractivity contribution in [3.63, 3.8) is 0 Å². The second kappa shape index (κ2) is 9.65. The zero-order valence-corrected chi connectivity index (χ0v) is 19.5. The fourth-order valence-corrected chi connectivity index (χ4v) is 5.78. The van der Waals surface area contributed by atoms with E-state index < -0.39 is 11.8 Å². The number of Topliss-reactive ketones (excluding diaryl/α,β-unsaturated/α-hetero) is 1. The number of ketones is 1. The summed E-state index contributed by atoms with van der Waals surface area (Å²) in [6.07, 6.45) is 5.98. The number of aliphatic imine (C=N–C) groups is 1. The molecule has 176 valence electrons. The molecule has 2 aromatic rings. The molecule has 34 heavy (non-hydrogen) atoms. The maximum absolute atomic E-state index is 13.7. The first-order valence-electron chi connectivity index (χ1n) is 12.3. The smallest absolute Gasteiger partial charge is 0.315 e. The third-order valence-corrected chi connectivity index (χ3v) is 7.48. The fraction of sp³-hybridized carbons (Fsp3) is 0.414. The minimum absolute atomic E-state index is 0.0103. The standard InChI is InChI=1S/C29H30FNO3/c1-18-26(29(33)34-23-10-6-3-7-11-23)27(20-12-14-22(30)15-13-20)28-24(31-18)16-21(17-25(28)32)19-8-4-2-5-9-19/h2,4-5,8-9,12-15,21,23,26-27H,3,6-7,10-11,16-17H2,1H3. The first-order valence-corrected chi connectivity index (χ1v) is 12.3. The van der Waals surface area contributed by atoms with Crippen molar-refractivity contribution in [3.8, 4) is 0 Å². The number of hydrogen-bond donors (Lipinski definition) is 0. The SMILES string of the molecule is CC1=NC2=C(C(=O)CC(c3ccccc3)C2)C(c2ccc(F)cc2)C1C(=O)OC1CCCCC1. The van der Waals surface area contributed by atoms with Gasteiger partial charge in [-0.05, 0) is 68.2 Å². The molecule has 1 heterocycles. The molecule has 1 saturated carbocycles. The first kappa shape index (κ1) is 22.7. The Hall–Kier alpha value is -3.08. The van der Waals surface area contributed by atoms with Gasteiger partial charge in [-0.15, -0.1) is 0 Å². The van der Waals surface area contributed by atoms with Crippen molar-refractivity contribution in [2.75, 3.05) is 0 Å². The maximum atomic E-state index is 13.7. The lowest BCUT2D eigenvalue weighted by Crippen LogP contribution is -2.39. The number of esters is 1. The van der Waals surface area contributed by atoms with Gasteiger partial charge in [0, 0.05) is 29.3 Å². The van der Waals surface area contributed by atoms with Gasteiger partial charge < -0.3 is 4.74 Å². The van der Waals surface area contributed by atoms with Gasteiger partial charge in [0.1, 0.15) is 17.8 Å². The number of rotatable bonds is 4. The van der Waals surface area contributed by atoms with Crippen LogP contribution in [-0.2, 0) is 14.3 Å². The molecule has 0 radical (unpaired) electrons. The lowest BCUT2D eigenvalue weighted by Gasteiger charge is -2.37. The summed E-state index contributed by atoms with van der Waals surface area (Å²) in [6, 6.07) is 16.2. The molecule has 0 amide bonds. The summed E-state index contributed by atoms with van der Waals surface area (Å²) in [7, 11) is 0. The highest BCUT2D eigenvalue weighted by molar-refractivity contribution is 6.09. The molecule has 2 aliphatic carbocycles. The highest BCUT2D eigenvalue weighted by Crippen LogP contribution is 2.47. The largest absolute Gasteiger partial charge is 0.462 e. The Morgan fingerprint density at radius 3 is 2.35 bits per heavy atom. The number of carbonyl (C=O) groups excluding carboxylic acids is 2. The molecule has 0 aromatic heterocycles. The van der Waals surface area contributed by atoms with E-state index in [9.17, 15) is 14.0 Å². The Morgan fingerprint density at radius 1 is 0.941 bits per heavy atom. The molecule has 5 rings (SSSR count). The van der Waals surface area contributed by atoms with Crippen molar-refractivity contribution in [1.82, 2.24) is 0 Å². The molecule has 0 saturated heterocycles. The second-order valence-corrected chi connectivity index (χ2v) is 9.76. The second-order valence-electron chi connectivity index (χ2n) is 9.76. The number of ether oxygens (including phenoxy) is 1. The van der Waals surface area contributed by atoms with Gasteiger partial charge in [0.2, 0.25) is 0 Å². The summed E-state index contributed by atoms with van der Waals surface area (Å²) in [4.78, 5) is 31.9. The Labute approximate surface area is 199 Å². The highest BCUT2D eigenvalue weighted by Gasteiger charge is 2.45. The molecule has 3 aliphatic rings. The van der Waals surface area contributed by atoms with Crippen LogP contribution in [0.2, 0.25) is 0 Å². The fourth-order valence-electron chi connectivity index (χ4n) is 5.78. The predicted molar refractivity (Wildman–Crippen MR) is 129 cm³/mol. The van der Waals surface area contributed by atoms with Crippen LogP contribution in [0.1, 0.15) is 74.8 Å². The third kappa shape index (κ3) is 4.48. The van der Waals surface area contributed by atoms with Crippen LogP contribution in [0, 0.1) is 11.7 Å². The summed E-state index contributed by atoms with van der Waals surface area (Å²) < 4.78 is 19.7. The number of carbonyl (C=O) groups is 2. The number of hydrogen-bond acceptors (Lipinski definition) is 4. The Morgan fingerprint density at radius 2 is 1.65 bits per heavy atom. The third-order valence-electron chi connectivity index (χ3n) is 7.48. The molecule has 2 aromatic carbocycles. The first-order chi connectivity index (χ1) is 16.5. The van der Waals surface area contributed by atoms with Gasteiger partial charge in [-0.1, -0.05) is 48.9 Å². The zero-order valence-electron chi connectivity index (χ0n) is 19.5. The van der Waals surface area contributed by atoms with E-state index in [4.69, 9.17) is 9.73 Å². The van der Waals surface area contributed by atoms with E-state index in [1.807, 2.05) is 37.3 Å². The van der Waals surface area contributed by atoms with Crippen LogP contribution in [0.25, 0.3) is 0 Å². The maximum Gasteiger partial charge on any atom is 0.315 e. The van der Waals surface area contributed by atoms with E-state index in [-0.39, 0.29) is 29.6 Å². The van der Waals surface area contributed by atoms with Gasteiger partial charge in [-0.3, -0.25) is 14.6 Å². The van der Waals surface area contributed by atoms with E-state index >= 15 is 0 Å². The summed E-state index contributed by atoms with van der Waals surface area (Å²) in [5, 5.41) is 0. The number of benzene rings is 2. The van der Waals surface area contributed by atoms with Crippen LogP contribution in [0.3, 0.4) is 0 Å². The number of nitrogens with zero attached hydrogens (tertiary/aromatic N) is 1. The van der Waals surface area contributed by atoms with Crippen LogP contribution in [0.4, 0.5) is 4.39 Å². The van der Waals surface area contributed by atoms with E-state index in [1.165, 1.54) is 18.6 Å². The van der Waals surface area contributed by atoms with Gasteiger partial charge >= 0.3 is 5.97 Å². The van der Waals surface area contributed by atoms with Crippen molar-refractivity contribution < 1.29 is 18.7 Å². The highest BCUT2D eigenvalue weighted by atomic mass is 19.1. The number of halogens is 1. The minimum atomic E-state index is -0.677. The van der Waals surface area contributed by atoms with E-state index in [2.05, 4.69) is 0 Å². The molecule has 3 unspecified atom stereocenters. The molecule has 3 atom stereocenters. The average molecular weight is 460 g/mol. The molecule has 4 nitrogen and oxygen atoms in total. The van der Waals surface area contributed by atoms with Crippen LogP contribution in [-0.4, -0.2) is 23.6 Å². The lowest BCUT2D eigenvalue weighted by atomic mass is 9.69. The van der Waals surface area contributed by atoms with Crippen molar-refractivity contribution in [2.45, 2.75) is 69.8 Å². The summed E-state index contributed by atoms with van der Waals surface area (Å²) in [5.41, 5.74) is 3.87. The normalized spacial score (nSPS) is 25.5. The van der Waals surface area contributed by atoms with E-state index in [0.717, 1.165) is 42.5 Å². The lowest BCUT2D eigenvalue weighted by molar-refractivity contribution is -0.153. The molecule has 0 spiro atoms. The quantitative estimate of drug-likeness (QED) is 0.506. The predicted octanol–water partition coefficient (Wildman–Crippen LogP) is 6.28. The molecular formula is C29H30FNO3. The molecule has 5 heteroatoms. The van der Waals surface area contributed by atoms with Crippen molar-refractivity contribution in [2.24, 2.45) is 10.9 Å². The molecule has 1 aliphatic heterocycles. The Kier molecular flexibility index (Phi) is 6.44. The van der Waals surface area contributed by atoms with Crippen LogP contribution >= 0.6 is 0 Å². The van der Waals surface area contributed by atoms with Crippen LogP contribution in [0.15, 0.2) is 70.9 Å². The van der Waals surface area contributed by atoms with Gasteiger partial charge in [0.15, 0.2) is 5.78 Å². The van der Waals surface area contributed by atoms with Gasteiger partial charge in [0.05, 0.1) is 0 Å². The van der Waals surface area contributed by atoms with Crippen LogP contribution < -0.4 is 0 Å². The summed E-state index contributed by atoms with van der Waals surface area (Å²) in [6.45, 7) is 1.85. The van der Waals surface area contributed by atoms with E-state index in [0.29, 0.717) is 24.1 Å². The van der Waals surface area contributed by atoms with Crippen molar-refractivity contribution in [1.29, 1.82) is 0 Å². The van der Waals surface area contributed by atoms with E-state index in [1.54, 1.807) is 12.1 Å². The average Bonchev–Trinajstić information content (AvgIpc) is 2.84. The van der Waals surface area contributed by atoms with Crippen molar-refractivity contribution in [3.05, 3.63) is 82.8 Å². The monoisotopic (exact) mass is 459 g/mol. The number of allylic oxidation sites excluding steroid dienone is 2. The Bertz CT molecular complexity index is 1130. The Balaban J connectivity index is 1.52.